The molecule has 38 heavy (non-hydrogen) atoms. The molecule has 0 unspecified atom stereocenters. The average molecular weight is 522 g/mol. The van der Waals surface area contributed by atoms with Crippen LogP contribution in [0.2, 0.25) is 0 Å². The second-order valence-corrected chi connectivity index (χ2v) is 9.91. The van der Waals surface area contributed by atoms with Crippen molar-refractivity contribution in [2.45, 2.75) is 50.5 Å². The van der Waals surface area contributed by atoms with Crippen LogP contribution in [0.4, 0.5) is 4.39 Å². The Hall–Kier alpha value is -3.65. The summed E-state index contributed by atoms with van der Waals surface area (Å²) in [5.74, 6) is -0.589. The van der Waals surface area contributed by atoms with Gasteiger partial charge < -0.3 is 24.3 Å². The molecule has 0 amide bonds. The monoisotopic (exact) mass is 521 g/mol. The maximum absolute atomic E-state index is 13.8. The molecule has 3 atom stereocenters. The summed E-state index contributed by atoms with van der Waals surface area (Å²) in [6.45, 7) is 2.64. The molecule has 2 aliphatic heterocycles. The minimum absolute atomic E-state index is 0.0834. The Kier molecular flexibility index (Phi) is 7.51. The van der Waals surface area contributed by atoms with Gasteiger partial charge in [0.05, 0.1) is 31.8 Å². The molecule has 200 valence electrons. The number of carbonyl (C=O) groups is 2. The maximum Gasteiger partial charge on any atom is 0.336 e. The number of nitrogens with one attached hydrogen (secondary N) is 1. The number of hydrogen-bond acceptors (Lipinski definition) is 7. The molecular formula is C30H32FNO6. The van der Waals surface area contributed by atoms with Crippen LogP contribution in [-0.4, -0.2) is 45.3 Å². The lowest BCUT2D eigenvalue weighted by molar-refractivity contribution is -0.142. The van der Waals surface area contributed by atoms with Crippen molar-refractivity contribution < 1.29 is 32.9 Å². The van der Waals surface area contributed by atoms with E-state index in [9.17, 15) is 14.0 Å². The number of dihydropyridines is 1. The van der Waals surface area contributed by atoms with Crippen molar-refractivity contribution >= 4 is 11.8 Å². The van der Waals surface area contributed by atoms with Gasteiger partial charge in [-0.05, 0) is 68.0 Å². The fourth-order valence-corrected chi connectivity index (χ4v) is 5.68. The predicted molar refractivity (Wildman–Crippen MR) is 138 cm³/mol. The number of halogens is 1. The number of ether oxygens (including phenoxy) is 4. The van der Waals surface area contributed by atoms with Gasteiger partial charge in [-0.25, -0.2) is 9.18 Å². The van der Waals surface area contributed by atoms with Crippen molar-refractivity contribution in [1.29, 1.82) is 0 Å². The molecule has 5 rings (SSSR count). The molecule has 0 spiro atoms. The summed E-state index contributed by atoms with van der Waals surface area (Å²) >= 11 is 0. The van der Waals surface area contributed by atoms with Crippen molar-refractivity contribution in [1.82, 2.24) is 5.32 Å². The fraction of sp³-hybridized carbons (Fsp3) is 0.400. The third kappa shape index (κ3) is 5.05. The summed E-state index contributed by atoms with van der Waals surface area (Å²) < 4.78 is 36.1. The molecule has 3 aliphatic rings. The van der Waals surface area contributed by atoms with Crippen LogP contribution in [0.15, 0.2) is 65.0 Å². The molecule has 8 heteroatoms. The van der Waals surface area contributed by atoms with E-state index in [-0.39, 0.29) is 36.7 Å². The summed E-state index contributed by atoms with van der Waals surface area (Å²) in [7, 11) is 3.12. The summed E-state index contributed by atoms with van der Waals surface area (Å²) in [4.78, 5) is 27.4. The molecule has 1 N–H and O–H groups in total. The average Bonchev–Trinajstić information content (AvgIpc) is 3.44. The highest BCUT2D eigenvalue weighted by Crippen LogP contribution is 2.48. The van der Waals surface area contributed by atoms with Gasteiger partial charge in [-0.1, -0.05) is 12.1 Å². The highest BCUT2D eigenvalue weighted by atomic mass is 19.1. The largest absolute Gasteiger partial charge is 0.497 e. The lowest BCUT2D eigenvalue weighted by Crippen LogP contribution is -2.36. The highest BCUT2D eigenvalue weighted by molar-refractivity contribution is 6.04. The van der Waals surface area contributed by atoms with Crippen LogP contribution in [0.5, 0.6) is 11.5 Å². The Morgan fingerprint density at radius 2 is 1.89 bits per heavy atom. The van der Waals surface area contributed by atoms with Gasteiger partial charge in [-0.3, -0.25) is 4.79 Å². The van der Waals surface area contributed by atoms with Gasteiger partial charge in [0, 0.05) is 35.6 Å². The number of hydrogen-bond donors (Lipinski definition) is 1. The van der Waals surface area contributed by atoms with Gasteiger partial charge in [0.25, 0.3) is 0 Å². The number of esters is 1. The molecule has 7 nitrogen and oxygen atoms in total. The molecule has 2 heterocycles. The zero-order chi connectivity index (χ0) is 26.8. The molecular weight excluding hydrogens is 489 g/mol. The third-order valence-electron chi connectivity index (χ3n) is 7.56. The number of methoxy groups -OCH3 is 2. The van der Waals surface area contributed by atoms with Crippen LogP contribution in [0, 0.1) is 5.82 Å². The highest BCUT2D eigenvalue weighted by Gasteiger charge is 2.42. The van der Waals surface area contributed by atoms with E-state index in [1.807, 2.05) is 6.92 Å². The van der Waals surface area contributed by atoms with E-state index in [4.69, 9.17) is 18.9 Å². The Balaban J connectivity index is 1.56. The SMILES string of the molecule is COc1ccc(OC)c([C@@H]2C(C(=O)OC[C@H]3CCCO3)=C(C)NC3=C2C(=O)C[C@H](c2ccc(F)cc2)C3)c1. The van der Waals surface area contributed by atoms with Crippen LogP contribution < -0.4 is 14.8 Å². The van der Waals surface area contributed by atoms with E-state index in [0.717, 1.165) is 24.1 Å². The van der Waals surface area contributed by atoms with Crippen LogP contribution in [0.25, 0.3) is 0 Å². The second-order valence-electron chi connectivity index (χ2n) is 9.91. The van der Waals surface area contributed by atoms with Gasteiger partial charge in [0.1, 0.15) is 23.9 Å². The summed E-state index contributed by atoms with van der Waals surface area (Å²) in [6.07, 6.45) is 2.45. The molecule has 0 bridgehead atoms. The van der Waals surface area contributed by atoms with Gasteiger partial charge >= 0.3 is 5.97 Å². The summed E-state index contributed by atoms with van der Waals surface area (Å²) in [6, 6.07) is 11.6. The van der Waals surface area contributed by atoms with Crippen molar-refractivity contribution in [3.8, 4) is 11.5 Å². The van der Waals surface area contributed by atoms with Crippen LogP contribution in [0.3, 0.4) is 0 Å². The van der Waals surface area contributed by atoms with E-state index >= 15 is 0 Å². The number of benzene rings is 2. The Labute approximate surface area is 221 Å². The maximum atomic E-state index is 13.8. The molecule has 2 aromatic rings. The zero-order valence-corrected chi connectivity index (χ0v) is 21.8. The van der Waals surface area contributed by atoms with E-state index in [2.05, 4.69) is 5.32 Å². The predicted octanol–water partition coefficient (Wildman–Crippen LogP) is 4.93. The summed E-state index contributed by atoms with van der Waals surface area (Å²) in [5, 5.41) is 3.34. The Morgan fingerprint density at radius 3 is 2.58 bits per heavy atom. The van der Waals surface area contributed by atoms with Crippen molar-refractivity contribution in [3.05, 3.63) is 81.9 Å². The van der Waals surface area contributed by atoms with E-state index in [0.29, 0.717) is 46.9 Å². The Bertz CT molecular complexity index is 1290. The molecule has 1 saturated heterocycles. The lowest BCUT2D eigenvalue weighted by atomic mass is 9.71. The Morgan fingerprint density at radius 1 is 1.11 bits per heavy atom. The topological polar surface area (TPSA) is 83.1 Å². The molecule has 1 fully saturated rings. The van der Waals surface area contributed by atoms with E-state index < -0.39 is 11.9 Å². The number of allylic oxidation sites excluding steroid dienone is 3. The number of ketones is 1. The third-order valence-corrected chi connectivity index (χ3v) is 7.56. The zero-order valence-electron chi connectivity index (χ0n) is 21.8. The minimum atomic E-state index is -0.699. The first-order valence-corrected chi connectivity index (χ1v) is 12.9. The van der Waals surface area contributed by atoms with Gasteiger partial charge in [0.2, 0.25) is 0 Å². The van der Waals surface area contributed by atoms with Gasteiger partial charge in [0.15, 0.2) is 5.78 Å². The summed E-state index contributed by atoms with van der Waals surface area (Å²) in [5.41, 5.74) is 3.79. The number of carbonyl (C=O) groups excluding carboxylic acids is 2. The first-order valence-electron chi connectivity index (χ1n) is 12.9. The second kappa shape index (κ2) is 11.0. The van der Waals surface area contributed by atoms with Crippen molar-refractivity contribution in [2.24, 2.45) is 0 Å². The van der Waals surface area contributed by atoms with Gasteiger partial charge in [-0.2, -0.15) is 0 Å². The molecule has 2 aromatic carbocycles. The standard InChI is InChI=1S/C30H32FNO6/c1-17-27(30(34)38-16-22-5-4-12-37-22)28(23-15-21(35-2)10-11-26(23)36-3)29-24(32-17)13-19(14-25(29)33)18-6-8-20(31)9-7-18/h6-11,15,19,22,28,32H,4-5,12-14,16H2,1-3H3/t19-,22-,28-/m1/s1. The lowest BCUT2D eigenvalue weighted by Gasteiger charge is -2.37. The molecule has 0 aromatic heterocycles. The molecule has 1 aliphatic carbocycles. The van der Waals surface area contributed by atoms with E-state index in [1.165, 1.54) is 12.1 Å². The number of Topliss-reactive ketones (excluding diaryl/α,β-unsaturated/α-hetero) is 1. The fourth-order valence-electron chi connectivity index (χ4n) is 5.68. The van der Waals surface area contributed by atoms with Crippen molar-refractivity contribution in [3.63, 3.8) is 0 Å². The minimum Gasteiger partial charge on any atom is -0.497 e. The quantitative estimate of drug-likeness (QED) is 0.518. The smallest absolute Gasteiger partial charge is 0.336 e. The molecule has 0 saturated carbocycles. The van der Waals surface area contributed by atoms with Crippen LogP contribution in [-0.2, 0) is 19.1 Å². The first kappa shape index (κ1) is 26.0. The van der Waals surface area contributed by atoms with E-state index in [1.54, 1.807) is 44.6 Å². The van der Waals surface area contributed by atoms with Crippen LogP contribution in [0.1, 0.15) is 55.6 Å². The van der Waals surface area contributed by atoms with Crippen molar-refractivity contribution in [2.75, 3.05) is 27.4 Å². The normalized spacial score (nSPS) is 23.2. The number of rotatable bonds is 7. The van der Waals surface area contributed by atoms with Gasteiger partial charge in [-0.15, -0.1) is 0 Å². The first-order chi connectivity index (χ1) is 18.4. The van der Waals surface area contributed by atoms with Crippen LogP contribution >= 0.6 is 0 Å². The molecule has 0 radical (unpaired) electrons.